The molecule has 0 radical (unpaired) electrons. The first-order valence-electron chi connectivity index (χ1n) is 9.93. The van der Waals surface area contributed by atoms with E-state index >= 15 is 0 Å². The van der Waals surface area contributed by atoms with Gasteiger partial charge in [0.2, 0.25) is 10.9 Å². The van der Waals surface area contributed by atoms with Crippen LogP contribution in [0, 0.1) is 11.3 Å². The lowest BCUT2D eigenvalue weighted by molar-refractivity contribution is -0.134. The maximum absolute atomic E-state index is 12.4. The number of nitriles is 1. The highest BCUT2D eigenvalue weighted by Gasteiger charge is 2.25. The van der Waals surface area contributed by atoms with Crippen molar-refractivity contribution in [2.75, 3.05) is 6.61 Å². The van der Waals surface area contributed by atoms with Crippen LogP contribution in [0.3, 0.4) is 0 Å². The van der Waals surface area contributed by atoms with Gasteiger partial charge in [0.15, 0.2) is 11.5 Å². The van der Waals surface area contributed by atoms with Crippen LogP contribution in [-0.2, 0) is 16.1 Å². The normalized spacial score (nSPS) is 10.5. The number of phenols is 3. The van der Waals surface area contributed by atoms with E-state index in [1.54, 1.807) is 6.92 Å². The van der Waals surface area contributed by atoms with Crippen LogP contribution in [0.25, 0.3) is 0 Å². The zero-order valence-corrected chi connectivity index (χ0v) is 18.7. The molecule has 0 amide bonds. The Morgan fingerprint density at radius 1 is 1.18 bits per heavy atom. The van der Waals surface area contributed by atoms with Crippen molar-refractivity contribution in [3.05, 3.63) is 41.5 Å². The van der Waals surface area contributed by atoms with Gasteiger partial charge in [0.25, 0.3) is 0 Å². The molecular formula is C21H19N5O7S. The Bertz CT molecular complexity index is 1240. The van der Waals surface area contributed by atoms with Crippen LogP contribution < -0.4 is 4.74 Å². The lowest BCUT2D eigenvalue weighted by Crippen LogP contribution is -2.13. The van der Waals surface area contributed by atoms with Crippen LogP contribution >= 0.6 is 11.8 Å². The number of rotatable bonds is 9. The molecule has 1 aromatic heterocycles. The van der Waals surface area contributed by atoms with Crippen molar-refractivity contribution in [1.29, 1.82) is 5.26 Å². The Balaban J connectivity index is 1.74. The highest BCUT2D eigenvalue weighted by atomic mass is 32.2. The number of aromatic hydroxyl groups is 3. The number of hydrogen-bond acceptors (Lipinski definition) is 12. The molecule has 0 saturated heterocycles. The molecule has 0 atom stereocenters. The van der Waals surface area contributed by atoms with Crippen molar-refractivity contribution >= 4 is 23.7 Å². The molecule has 0 unspecified atom stereocenters. The number of carbonyl (C=O) groups excluding carboxylic acids is 2. The molecule has 0 aliphatic carbocycles. The van der Waals surface area contributed by atoms with Gasteiger partial charge >= 0.3 is 11.9 Å². The number of benzene rings is 2. The Kier molecular flexibility index (Phi) is 7.88. The van der Waals surface area contributed by atoms with Gasteiger partial charge in [-0.15, -0.1) is 5.10 Å². The van der Waals surface area contributed by atoms with Gasteiger partial charge in [0.05, 0.1) is 41.7 Å². The first kappa shape index (κ1) is 24.3. The summed E-state index contributed by atoms with van der Waals surface area (Å²) >= 11 is 0.741. The van der Waals surface area contributed by atoms with E-state index in [0.717, 1.165) is 17.8 Å². The van der Waals surface area contributed by atoms with Crippen LogP contribution in [0.15, 0.2) is 40.4 Å². The quantitative estimate of drug-likeness (QED) is 0.229. The summed E-state index contributed by atoms with van der Waals surface area (Å²) in [6.07, 6.45) is 0.442. The lowest BCUT2D eigenvalue weighted by atomic mass is 10.2. The summed E-state index contributed by atoms with van der Waals surface area (Å²) in [6.45, 7) is 1.92. The van der Waals surface area contributed by atoms with Gasteiger partial charge in [-0.05, 0) is 58.9 Å². The number of tetrazole rings is 1. The van der Waals surface area contributed by atoms with Crippen molar-refractivity contribution in [3.8, 4) is 29.1 Å². The standard InChI is InChI=1S/C21H19N5O7S/c1-2-9-32-20(31)14-10-15(27)17(29)18(30)19(14)34-21-23-24-25-26(21)8-7-16(28)33-13-5-3-12(11-22)4-6-13/h3-6,10,27,29-30H,2,7-9H2,1H3. The van der Waals surface area contributed by atoms with Crippen molar-refractivity contribution in [1.82, 2.24) is 20.2 Å². The van der Waals surface area contributed by atoms with Crippen molar-refractivity contribution in [3.63, 3.8) is 0 Å². The van der Waals surface area contributed by atoms with Gasteiger partial charge in [0.1, 0.15) is 5.75 Å². The summed E-state index contributed by atoms with van der Waals surface area (Å²) in [7, 11) is 0. The second-order valence-electron chi connectivity index (χ2n) is 6.75. The highest BCUT2D eigenvalue weighted by molar-refractivity contribution is 7.99. The number of ether oxygens (including phenoxy) is 2. The molecule has 13 heteroatoms. The number of carbonyl (C=O) groups is 2. The third-order valence-electron chi connectivity index (χ3n) is 4.30. The zero-order chi connectivity index (χ0) is 24.7. The molecule has 0 bridgehead atoms. The molecule has 0 fully saturated rings. The average Bonchev–Trinajstić information content (AvgIpc) is 3.28. The van der Waals surface area contributed by atoms with Gasteiger partial charge in [0, 0.05) is 0 Å². The topological polar surface area (TPSA) is 181 Å². The first-order valence-corrected chi connectivity index (χ1v) is 10.8. The Labute approximate surface area is 197 Å². The largest absolute Gasteiger partial charge is 0.504 e. The summed E-state index contributed by atoms with van der Waals surface area (Å²) in [4.78, 5) is 24.4. The van der Waals surface area contributed by atoms with E-state index < -0.39 is 29.2 Å². The van der Waals surface area contributed by atoms with Crippen LogP contribution in [0.4, 0.5) is 0 Å². The fourth-order valence-corrected chi connectivity index (χ4v) is 3.57. The SMILES string of the molecule is CCCOC(=O)c1cc(O)c(O)c(O)c1Sc1nnnn1CCC(=O)Oc1ccc(C#N)cc1. The van der Waals surface area contributed by atoms with Gasteiger partial charge in [-0.2, -0.15) is 5.26 Å². The number of nitrogens with zero attached hydrogens (tertiary/aromatic N) is 5. The smallest absolute Gasteiger partial charge is 0.339 e. The summed E-state index contributed by atoms with van der Waals surface area (Å²) < 4.78 is 11.5. The van der Waals surface area contributed by atoms with Crippen LogP contribution in [-0.4, -0.2) is 54.1 Å². The Hall–Kier alpha value is -4.31. The number of esters is 2. The van der Waals surface area contributed by atoms with Crippen molar-refractivity contribution < 1.29 is 34.4 Å². The molecular weight excluding hydrogens is 466 g/mol. The van der Waals surface area contributed by atoms with Gasteiger partial charge in [-0.3, -0.25) is 4.79 Å². The second-order valence-corrected chi connectivity index (χ2v) is 7.73. The maximum Gasteiger partial charge on any atom is 0.339 e. The van der Waals surface area contributed by atoms with Gasteiger partial charge in [-0.25, -0.2) is 9.48 Å². The Morgan fingerprint density at radius 2 is 1.91 bits per heavy atom. The van der Waals surface area contributed by atoms with E-state index in [1.807, 2.05) is 6.07 Å². The van der Waals surface area contributed by atoms with E-state index in [1.165, 1.54) is 28.9 Å². The fourth-order valence-electron chi connectivity index (χ4n) is 2.63. The number of aromatic nitrogens is 4. The monoisotopic (exact) mass is 485 g/mol. The van der Waals surface area contributed by atoms with Crippen molar-refractivity contribution in [2.24, 2.45) is 0 Å². The molecule has 1 heterocycles. The fraction of sp³-hybridized carbons (Fsp3) is 0.238. The third kappa shape index (κ3) is 5.73. The lowest BCUT2D eigenvalue weighted by Gasteiger charge is -2.13. The predicted molar refractivity (Wildman–Crippen MR) is 115 cm³/mol. The maximum atomic E-state index is 12.4. The molecule has 0 saturated carbocycles. The van der Waals surface area contributed by atoms with E-state index in [4.69, 9.17) is 14.7 Å². The highest BCUT2D eigenvalue weighted by Crippen LogP contribution is 2.46. The Morgan fingerprint density at radius 3 is 2.59 bits per heavy atom. The minimum absolute atomic E-state index is 0.00485. The number of hydrogen-bond donors (Lipinski definition) is 3. The molecule has 176 valence electrons. The molecule has 3 aromatic rings. The molecule has 12 nitrogen and oxygen atoms in total. The minimum atomic E-state index is -0.820. The zero-order valence-electron chi connectivity index (χ0n) is 17.8. The third-order valence-corrected chi connectivity index (χ3v) is 5.39. The summed E-state index contributed by atoms with van der Waals surface area (Å²) in [5, 5.41) is 50.1. The molecule has 2 aromatic carbocycles. The first-order chi connectivity index (χ1) is 16.3. The minimum Gasteiger partial charge on any atom is -0.504 e. The van der Waals surface area contributed by atoms with Gasteiger partial charge < -0.3 is 24.8 Å². The molecule has 0 spiro atoms. The molecule has 3 N–H and O–H groups in total. The summed E-state index contributed by atoms with van der Waals surface area (Å²) in [5.74, 6) is -3.39. The summed E-state index contributed by atoms with van der Waals surface area (Å²) in [5.41, 5.74) is 0.234. The second kappa shape index (κ2) is 11.0. The number of aryl methyl sites for hydroxylation is 1. The van der Waals surface area contributed by atoms with Gasteiger partial charge in [-0.1, -0.05) is 6.92 Å². The van der Waals surface area contributed by atoms with E-state index in [0.29, 0.717) is 12.0 Å². The van der Waals surface area contributed by atoms with E-state index in [9.17, 15) is 24.9 Å². The van der Waals surface area contributed by atoms with Crippen LogP contribution in [0.2, 0.25) is 0 Å². The molecule has 3 rings (SSSR count). The van der Waals surface area contributed by atoms with E-state index in [2.05, 4.69) is 15.5 Å². The van der Waals surface area contributed by atoms with Crippen LogP contribution in [0.5, 0.6) is 23.0 Å². The molecule has 0 aliphatic heterocycles. The average molecular weight is 485 g/mol. The van der Waals surface area contributed by atoms with Crippen LogP contribution in [0.1, 0.15) is 35.7 Å². The number of phenolic OH excluding ortho intramolecular Hbond substituents is 3. The van der Waals surface area contributed by atoms with Crippen molar-refractivity contribution in [2.45, 2.75) is 36.4 Å². The molecule has 34 heavy (non-hydrogen) atoms. The van der Waals surface area contributed by atoms with E-state index in [-0.39, 0.29) is 40.9 Å². The summed E-state index contributed by atoms with van der Waals surface area (Å²) in [6, 6.07) is 8.95. The molecule has 0 aliphatic rings. The predicted octanol–water partition coefficient (Wildman–Crippen LogP) is 2.38.